The molecule has 90 valence electrons. The van der Waals surface area contributed by atoms with Crippen molar-refractivity contribution in [2.45, 2.75) is 65.5 Å². The van der Waals surface area contributed by atoms with Crippen LogP contribution in [0.3, 0.4) is 0 Å². The summed E-state index contributed by atoms with van der Waals surface area (Å²) >= 11 is -1.12. The fourth-order valence-corrected chi connectivity index (χ4v) is 10.8. The van der Waals surface area contributed by atoms with Crippen LogP contribution in [-0.4, -0.2) is 46.0 Å². The van der Waals surface area contributed by atoms with Crippen LogP contribution >= 0.6 is 0 Å². The third kappa shape index (κ3) is 7.68. The van der Waals surface area contributed by atoms with Crippen LogP contribution in [0, 0.1) is 0 Å². The third-order valence-corrected chi connectivity index (χ3v) is 16.0. The maximum atomic E-state index is 2.48. The van der Waals surface area contributed by atoms with Crippen LogP contribution in [-0.2, 0) is 0 Å². The summed E-state index contributed by atoms with van der Waals surface area (Å²) in [7, 11) is 2.25. The predicted octanol–water partition coefficient (Wildman–Crippen LogP) is 4.03. The zero-order chi connectivity index (χ0) is 11.8. The van der Waals surface area contributed by atoms with Gasteiger partial charge in [0.05, 0.1) is 0 Å². The molecule has 2 heteroatoms. The summed E-state index contributed by atoms with van der Waals surface area (Å²) in [5.41, 5.74) is 0. The molecule has 0 spiro atoms. The van der Waals surface area contributed by atoms with Crippen LogP contribution in [0.25, 0.3) is 0 Å². The van der Waals surface area contributed by atoms with Gasteiger partial charge < -0.3 is 0 Å². The first-order valence-electron chi connectivity index (χ1n) is 6.69. The Hall–Kier alpha value is 0.830. The summed E-state index contributed by atoms with van der Waals surface area (Å²) in [5, 5.41) is 0. The summed E-state index contributed by atoms with van der Waals surface area (Å²) in [6.07, 6.45) is 2.88. The Balaban J connectivity index is 3.70. The topological polar surface area (TPSA) is 3.24 Å². The summed E-state index contributed by atoms with van der Waals surface area (Å²) in [5.74, 6) is 0. The van der Waals surface area contributed by atoms with Crippen molar-refractivity contribution in [2.24, 2.45) is 0 Å². The first kappa shape index (κ1) is 15.8. The van der Waals surface area contributed by atoms with Gasteiger partial charge in [-0.05, 0) is 0 Å². The minimum absolute atomic E-state index is 0.712. The first-order valence-corrected chi connectivity index (χ1v) is 13.3. The van der Waals surface area contributed by atoms with Gasteiger partial charge in [0.25, 0.3) is 0 Å². The number of nitrogens with zero attached hydrogens (tertiary/aromatic N) is 1. The van der Waals surface area contributed by atoms with Crippen molar-refractivity contribution in [3.8, 4) is 0 Å². The molecule has 0 aliphatic rings. The van der Waals surface area contributed by atoms with E-state index >= 15 is 0 Å². The maximum absolute atomic E-state index is 2.48. The number of hydrogen-bond donors (Lipinski definition) is 0. The van der Waals surface area contributed by atoms with Gasteiger partial charge in [0.1, 0.15) is 0 Å². The molecule has 0 unspecified atom stereocenters. The molecule has 0 heterocycles. The van der Waals surface area contributed by atoms with Gasteiger partial charge in [0.15, 0.2) is 0 Å². The van der Waals surface area contributed by atoms with Crippen LogP contribution in [0.5, 0.6) is 0 Å². The second-order valence-electron chi connectivity index (χ2n) is 5.51. The van der Waals surface area contributed by atoms with E-state index in [0.717, 1.165) is 3.67 Å². The van der Waals surface area contributed by atoms with Crippen LogP contribution < -0.4 is 0 Å². The Kier molecular flexibility index (Phi) is 9.42. The molecule has 0 aliphatic carbocycles. The zero-order valence-electron chi connectivity index (χ0n) is 11.7. The fourth-order valence-electron chi connectivity index (χ4n) is 2.04. The second-order valence-corrected chi connectivity index (χ2v) is 16.9. The summed E-state index contributed by atoms with van der Waals surface area (Å²) in [4.78, 5) is 2.48. The molecular formula is C13H30InN. The third-order valence-electron chi connectivity index (χ3n) is 3.57. The molecule has 0 rings (SSSR count). The van der Waals surface area contributed by atoms with Crippen molar-refractivity contribution >= 4 is 21.4 Å². The van der Waals surface area contributed by atoms with E-state index in [9.17, 15) is 0 Å². The van der Waals surface area contributed by atoms with Crippen molar-refractivity contribution < 1.29 is 0 Å². The molecule has 0 aromatic heterocycles. The zero-order valence-corrected chi connectivity index (χ0v) is 15.0. The van der Waals surface area contributed by atoms with Gasteiger partial charge in [0.2, 0.25) is 0 Å². The molecule has 0 bridgehead atoms. The fraction of sp³-hybridized carbons (Fsp3) is 1.00. The molecule has 0 N–H and O–H groups in total. The Morgan fingerprint density at radius 2 is 1.67 bits per heavy atom. The quantitative estimate of drug-likeness (QED) is 0.654. The van der Waals surface area contributed by atoms with Gasteiger partial charge in [-0.15, -0.1) is 0 Å². The van der Waals surface area contributed by atoms with E-state index in [4.69, 9.17) is 0 Å². The van der Waals surface area contributed by atoms with Crippen LogP contribution in [0.15, 0.2) is 0 Å². The molecule has 0 aromatic rings. The van der Waals surface area contributed by atoms with Gasteiger partial charge >= 0.3 is 105 Å². The molecule has 0 atom stereocenters. The molecule has 15 heavy (non-hydrogen) atoms. The van der Waals surface area contributed by atoms with E-state index in [1.165, 1.54) is 19.4 Å². The SMILES string of the molecule is CC[CH2][In]([CH2]CCN(C)C(C)C)[CH](C)C. The first-order chi connectivity index (χ1) is 6.99. The summed E-state index contributed by atoms with van der Waals surface area (Å²) in [6, 6.07) is 0.712. The standard InChI is InChI=1S/C7H16N.2C3H7.In/c1-5-6-8(4)7(2)3;2*1-3-2;/h7H,1,5-6H2,2-4H3;3H,1-2H3;1,3H2,2H3;. The number of hydrogen-bond acceptors (Lipinski definition) is 1. The van der Waals surface area contributed by atoms with Gasteiger partial charge in [-0.3, -0.25) is 0 Å². The molecular weight excluding hydrogens is 285 g/mol. The van der Waals surface area contributed by atoms with E-state index in [2.05, 4.69) is 46.6 Å². The van der Waals surface area contributed by atoms with Crippen molar-refractivity contribution in [3.63, 3.8) is 0 Å². The van der Waals surface area contributed by atoms with E-state index in [1.807, 2.05) is 0 Å². The van der Waals surface area contributed by atoms with Gasteiger partial charge in [-0.25, -0.2) is 0 Å². The second kappa shape index (κ2) is 8.92. The Morgan fingerprint density at radius 3 is 2.07 bits per heavy atom. The molecule has 0 aromatic carbocycles. The summed E-state index contributed by atoms with van der Waals surface area (Å²) < 4.78 is 4.30. The number of rotatable bonds is 8. The van der Waals surface area contributed by atoms with Crippen molar-refractivity contribution in [1.29, 1.82) is 0 Å². The molecule has 0 fully saturated rings. The molecule has 0 saturated heterocycles. The minimum atomic E-state index is -1.12. The van der Waals surface area contributed by atoms with Crippen LogP contribution in [0.2, 0.25) is 12.0 Å². The van der Waals surface area contributed by atoms with E-state index in [1.54, 1.807) is 8.35 Å². The molecule has 0 radical (unpaired) electrons. The predicted molar refractivity (Wildman–Crippen MR) is 73.1 cm³/mol. The van der Waals surface area contributed by atoms with Crippen LogP contribution in [0.4, 0.5) is 0 Å². The monoisotopic (exact) mass is 315 g/mol. The molecule has 0 saturated carbocycles. The van der Waals surface area contributed by atoms with Gasteiger partial charge in [0, 0.05) is 0 Å². The molecule has 0 amide bonds. The Bertz CT molecular complexity index is 145. The van der Waals surface area contributed by atoms with Crippen molar-refractivity contribution in [3.05, 3.63) is 0 Å². The van der Waals surface area contributed by atoms with Crippen molar-refractivity contribution in [2.75, 3.05) is 13.6 Å². The summed E-state index contributed by atoms with van der Waals surface area (Å²) in [6.45, 7) is 13.2. The van der Waals surface area contributed by atoms with Gasteiger partial charge in [-0.2, -0.15) is 0 Å². The van der Waals surface area contributed by atoms with E-state index in [-0.39, 0.29) is 0 Å². The Labute approximate surface area is 105 Å². The molecule has 0 aliphatic heterocycles. The normalized spacial score (nSPS) is 11.8. The van der Waals surface area contributed by atoms with Gasteiger partial charge in [-0.1, -0.05) is 0 Å². The van der Waals surface area contributed by atoms with Crippen LogP contribution in [0.1, 0.15) is 47.5 Å². The Morgan fingerprint density at radius 1 is 1.07 bits per heavy atom. The molecule has 1 nitrogen and oxygen atoms in total. The average molecular weight is 315 g/mol. The van der Waals surface area contributed by atoms with E-state index in [0.29, 0.717) is 6.04 Å². The van der Waals surface area contributed by atoms with Crippen molar-refractivity contribution in [1.82, 2.24) is 4.90 Å². The average Bonchev–Trinajstić information content (AvgIpc) is 2.15. The van der Waals surface area contributed by atoms with E-state index < -0.39 is 21.4 Å².